The number of nitro groups is 1. The van der Waals surface area contributed by atoms with Crippen molar-refractivity contribution in [1.29, 1.82) is 0 Å². The predicted octanol–water partition coefficient (Wildman–Crippen LogP) is 1.69. The van der Waals surface area contributed by atoms with E-state index in [1.165, 1.54) is 4.68 Å². The first-order valence-corrected chi connectivity index (χ1v) is 8.80. The molecule has 0 radical (unpaired) electrons. The molecule has 0 fully saturated rings. The Hall–Kier alpha value is -2.42. The highest BCUT2D eigenvalue weighted by Crippen LogP contribution is 2.27. The molecule has 9 heteroatoms. The van der Waals surface area contributed by atoms with Crippen molar-refractivity contribution in [3.8, 4) is 0 Å². The number of hydrogen-bond donors (Lipinski definition) is 1. The van der Waals surface area contributed by atoms with Gasteiger partial charge in [-0.15, -0.1) is 0 Å². The highest BCUT2D eigenvalue weighted by molar-refractivity contribution is 7.90. The lowest BCUT2D eigenvalue weighted by molar-refractivity contribution is -0.384. The number of aryl methyl sites for hydroxylation is 2. The van der Waals surface area contributed by atoms with Crippen LogP contribution in [0.25, 0.3) is 0 Å². The Morgan fingerprint density at radius 2 is 1.91 bits per heavy atom. The minimum atomic E-state index is -3.20. The fourth-order valence-corrected chi connectivity index (χ4v) is 2.92. The second-order valence-corrected chi connectivity index (χ2v) is 7.27. The van der Waals surface area contributed by atoms with Gasteiger partial charge in [0, 0.05) is 19.8 Å². The summed E-state index contributed by atoms with van der Waals surface area (Å²) in [5.74, 6) is 0.361. The average Bonchev–Trinajstić information content (AvgIpc) is 2.73. The summed E-state index contributed by atoms with van der Waals surface area (Å²) < 4.78 is 24.2. The molecule has 0 saturated carbocycles. The molecule has 0 bridgehead atoms. The van der Waals surface area contributed by atoms with Gasteiger partial charge in [-0.05, 0) is 31.0 Å². The summed E-state index contributed by atoms with van der Waals surface area (Å²) in [5, 5.41) is 18.1. The van der Waals surface area contributed by atoms with Crippen molar-refractivity contribution in [3.63, 3.8) is 0 Å². The number of sulfone groups is 1. The monoisotopic (exact) mass is 338 g/mol. The van der Waals surface area contributed by atoms with Crippen LogP contribution < -0.4 is 5.32 Å². The van der Waals surface area contributed by atoms with E-state index >= 15 is 0 Å². The Morgan fingerprint density at radius 1 is 1.30 bits per heavy atom. The normalized spacial score (nSPS) is 11.4. The van der Waals surface area contributed by atoms with Crippen LogP contribution in [-0.4, -0.2) is 35.9 Å². The van der Waals surface area contributed by atoms with Gasteiger partial charge in [0.15, 0.2) is 9.84 Å². The standard InChI is InChI=1S/C14H18N4O4S/c1-10-13(18(19)20)14(17(2)16-10)15-9-8-11-4-6-12(7-5-11)23(3,21)22/h4-7,15H,8-9H2,1-3H3. The second-order valence-electron chi connectivity index (χ2n) is 5.26. The number of hydrogen-bond acceptors (Lipinski definition) is 6. The van der Waals surface area contributed by atoms with E-state index in [0.717, 1.165) is 11.8 Å². The van der Waals surface area contributed by atoms with Crippen LogP contribution in [0.15, 0.2) is 29.2 Å². The van der Waals surface area contributed by atoms with E-state index in [1.807, 2.05) is 0 Å². The van der Waals surface area contributed by atoms with Crippen LogP contribution in [-0.2, 0) is 23.3 Å². The molecule has 1 aromatic carbocycles. The number of nitrogens with one attached hydrogen (secondary N) is 1. The number of benzene rings is 1. The van der Waals surface area contributed by atoms with Crippen molar-refractivity contribution < 1.29 is 13.3 Å². The molecular weight excluding hydrogens is 320 g/mol. The van der Waals surface area contributed by atoms with Crippen LogP contribution in [0.2, 0.25) is 0 Å². The molecule has 2 rings (SSSR count). The van der Waals surface area contributed by atoms with Crippen molar-refractivity contribution >= 4 is 21.3 Å². The zero-order chi connectivity index (χ0) is 17.2. The third-order valence-electron chi connectivity index (χ3n) is 3.43. The van der Waals surface area contributed by atoms with Gasteiger partial charge in [0.2, 0.25) is 5.82 Å². The van der Waals surface area contributed by atoms with Crippen molar-refractivity contribution in [3.05, 3.63) is 45.6 Å². The lowest BCUT2D eigenvalue weighted by Crippen LogP contribution is -2.10. The molecule has 0 aliphatic carbocycles. The van der Waals surface area contributed by atoms with Gasteiger partial charge in [-0.3, -0.25) is 10.1 Å². The number of rotatable bonds is 6. The molecule has 0 amide bonds. The van der Waals surface area contributed by atoms with Gasteiger partial charge in [0.25, 0.3) is 0 Å². The molecule has 8 nitrogen and oxygen atoms in total. The molecule has 0 spiro atoms. The summed E-state index contributed by atoms with van der Waals surface area (Å²) in [6.07, 6.45) is 1.76. The van der Waals surface area contributed by atoms with Gasteiger partial charge in [0.05, 0.1) is 9.82 Å². The predicted molar refractivity (Wildman–Crippen MR) is 86.3 cm³/mol. The Kier molecular flexibility index (Phi) is 4.69. The minimum Gasteiger partial charge on any atom is -0.364 e. The van der Waals surface area contributed by atoms with Crippen LogP contribution in [0.5, 0.6) is 0 Å². The maximum absolute atomic E-state index is 11.4. The second kappa shape index (κ2) is 6.37. The van der Waals surface area contributed by atoms with Crippen LogP contribution in [0.1, 0.15) is 11.3 Å². The van der Waals surface area contributed by atoms with Crippen molar-refractivity contribution in [1.82, 2.24) is 9.78 Å². The van der Waals surface area contributed by atoms with E-state index in [1.54, 1.807) is 38.2 Å². The van der Waals surface area contributed by atoms with E-state index in [2.05, 4.69) is 10.4 Å². The summed E-state index contributed by atoms with van der Waals surface area (Å²) >= 11 is 0. The maximum atomic E-state index is 11.4. The molecule has 2 aromatic rings. The Morgan fingerprint density at radius 3 is 2.43 bits per heavy atom. The van der Waals surface area contributed by atoms with Gasteiger partial charge in [0.1, 0.15) is 5.69 Å². The van der Waals surface area contributed by atoms with Gasteiger partial charge >= 0.3 is 5.69 Å². The first kappa shape index (κ1) is 16.9. The van der Waals surface area contributed by atoms with E-state index in [-0.39, 0.29) is 10.6 Å². The smallest absolute Gasteiger partial charge is 0.333 e. The topological polar surface area (TPSA) is 107 Å². The fraction of sp³-hybridized carbons (Fsp3) is 0.357. The molecule has 0 saturated heterocycles. The molecular formula is C14H18N4O4S. The molecule has 0 aliphatic heterocycles. The molecule has 1 aromatic heterocycles. The lowest BCUT2D eigenvalue weighted by atomic mass is 10.1. The summed E-state index contributed by atoms with van der Waals surface area (Å²) in [6, 6.07) is 6.59. The van der Waals surface area contributed by atoms with E-state index in [9.17, 15) is 18.5 Å². The Balaban J connectivity index is 2.05. The number of anilines is 1. The van der Waals surface area contributed by atoms with E-state index in [0.29, 0.717) is 24.5 Å². The van der Waals surface area contributed by atoms with Gasteiger partial charge in [-0.2, -0.15) is 5.10 Å². The third-order valence-corrected chi connectivity index (χ3v) is 4.56. The summed E-state index contributed by atoms with van der Waals surface area (Å²) in [4.78, 5) is 10.9. The first-order chi connectivity index (χ1) is 10.7. The number of nitrogens with zero attached hydrogens (tertiary/aromatic N) is 3. The summed E-state index contributed by atoms with van der Waals surface area (Å²) in [5.41, 5.74) is 1.27. The fourth-order valence-electron chi connectivity index (χ4n) is 2.29. The van der Waals surface area contributed by atoms with Gasteiger partial charge < -0.3 is 5.32 Å². The highest BCUT2D eigenvalue weighted by Gasteiger charge is 2.23. The van der Waals surface area contributed by atoms with Gasteiger partial charge in [-0.1, -0.05) is 12.1 Å². The summed E-state index contributed by atoms with van der Waals surface area (Å²) in [7, 11) is -1.56. The molecule has 23 heavy (non-hydrogen) atoms. The molecule has 0 aliphatic rings. The van der Waals surface area contributed by atoms with Crippen LogP contribution in [0.3, 0.4) is 0 Å². The Labute approximate surface area is 134 Å². The van der Waals surface area contributed by atoms with Crippen molar-refractivity contribution in [2.75, 3.05) is 18.1 Å². The lowest BCUT2D eigenvalue weighted by Gasteiger charge is -2.07. The van der Waals surface area contributed by atoms with Crippen molar-refractivity contribution in [2.45, 2.75) is 18.2 Å². The minimum absolute atomic E-state index is 0.0278. The van der Waals surface area contributed by atoms with Crippen LogP contribution in [0, 0.1) is 17.0 Å². The molecule has 1 heterocycles. The first-order valence-electron chi connectivity index (χ1n) is 6.91. The zero-order valence-corrected chi connectivity index (χ0v) is 13.9. The molecule has 1 N–H and O–H groups in total. The zero-order valence-electron chi connectivity index (χ0n) is 13.1. The van der Waals surface area contributed by atoms with Crippen LogP contribution in [0.4, 0.5) is 11.5 Å². The van der Waals surface area contributed by atoms with Crippen LogP contribution >= 0.6 is 0 Å². The van der Waals surface area contributed by atoms with Gasteiger partial charge in [-0.25, -0.2) is 13.1 Å². The molecule has 124 valence electrons. The quantitative estimate of drug-likeness (QED) is 0.634. The molecule has 0 atom stereocenters. The van der Waals surface area contributed by atoms with E-state index < -0.39 is 14.8 Å². The SMILES string of the molecule is Cc1nn(C)c(NCCc2ccc(S(C)(=O)=O)cc2)c1[N+](=O)[O-]. The average molecular weight is 338 g/mol. The van der Waals surface area contributed by atoms with Crippen molar-refractivity contribution in [2.24, 2.45) is 7.05 Å². The maximum Gasteiger partial charge on any atom is 0.333 e. The highest BCUT2D eigenvalue weighted by atomic mass is 32.2. The largest absolute Gasteiger partial charge is 0.364 e. The van der Waals surface area contributed by atoms with E-state index in [4.69, 9.17) is 0 Å². The molecule has 0 unspecified atom stereocenters. The number of aromatic nitrogens is 2. The third kappa shape index (κ3) is 3.86. The summed E-state index contributed by atoms with van der Waals surface area (Å²) in [6.45, 7) is 2.06. The Bertz CT molecular complexity index is 825.